The number of nitrogens with one attached hydrogen (secondary N) is 1. The number of ether oxygens (including phenoxy) is 1. The van der Waals surface area contributed by atoms with Gasteiger partial charge in [0.1, 0.15) is 18.5 Å². The minimum atomic E-state index is -0.707. The number of benzene rings is 1. The molecule has 0 radical (unpaired) electrons. The molecule has 170 valence electrons. The lowest BCUT2D eigenvalue weighted by atomic mass is 10.2. The van der Waals surface area contributed by atoms with Crippen molar-refractivity contribution < 1.29 is 19.1 Å². The summed E-state index contributed by atoms with van der Waals surface area (Å²) in [7, 11) is 0. The Morgan fingerprint density at radius 3 is 2.61 bits per heavy atom. The van der Waals surface area contributed by atoms with Crippen LogP contribution in [0.4, 0.5) is 0 Å². The number of nitrogens with zero attached hydrogens (tertiary/aromatic N) is 3. The van der Waals surface area contributed by atoms with Crippen molar-refractivity contribution in [2.45, 2.75) is 20.0 Å². The zero-order chi connectivity index (χ0) is 21.3. The molecule has 1 unspecified atom stereocenters. The highest BCUT2D eigenvalue weighted by Gasteiger charge is 2.25. The predicted molar refractivity (Wildman–Crippen MR) is 130 cm³/mol. The molecule has 0 aliphatic carbocycles. The van der Waals surface area contributed by atoms with Crippen LogP contribution in [-0.4, -0.2) is 78.8 Å². The van der Waals surface area contributed by atoms with E-state index in [0.29, 0.717) is 31.9 Å². The van der Waals surface area contributed by atoms with Crippen LogP contribution in [0.3, 0.4) is 0 Å². The highest BCUT2D eigenvalue weighted by atomic mass is 127. The van der Waals surface area contributed by atoms with E-state index in [1.54, 1.807) is 17.0 Å². The topological polar surface area (TPSA) is 90.5 Å². The fraction of sp³-hybridized carbons (Fsp3) is 0.455. The molecule has 2 aromatic rings. The van der Waals surface area contributed by atoms with Crippen LogP contribution in [0.2, 0.25) is 0 Å². The molecule has 31 heavy (non-hydrogen) atoms. The average molecular weight is 542 g/mol. The van der Waals surface area contributed by atoms with Gasteiger partial charge in [0.15, 0.2) is 11.7 Å². The number of carbonyl (C=O) groups excluding carboxylic acids is 1. The van der Waals surface area contributed by atoms with Gasteiger partial charge in [0.05, 0.1) is 12.8 Å². The Morgan fingerprint density at radius 1 is 1.23 bits per heavy atom. The summed E-state index contributed by atoms with van der Waals surface area (Å²) in [4.78, 5) is 20.9. The van der Waals surface area contributed by atoms with Crippen molar-refractivity contribution in [3.8, 4) is 5.75 Å². The third kappa shape index (κ3) is 7.42. The van der Waals surface area contributed by atoms with Crippen LogP contribution in [0, 0.1) is 6.92 Å². The van der Waals surface area contributed by atoms with Gasteiger partial charge < -0.3 is 29.4 Å². The zero-order valence-electron chi connectivity index (χ0n) is 18.0. The Labute approximate surface area is 200 Å². The first-order valence-electron chi connectivity index (χ1n) is 10.3. The van der Waals surface area contributed by atoms with Crippen molar-refractivity contribution in [3.05, 3.63) is 54.0 Å². The van der Waals surface area contributed by atoms with Crippen molar-refractivity contribution in [3.63, 3.8) is 0 Å². The number of aryl methyl sites for hydroxylation is 1. The normalized spacial score (nSPS) is 15.3. The van der Waals surface area contributed by atoms with Gasteiger partial charge in [-0.1, -0.05) is 12.1 Å². The van der Waals surface area contributed by atoms with Crippen LogP contribution in [0.5, 0.6) is 5.75 Å². The van der Waals surface area contributed by atoms with E-state index in [2.05, 4.69) is 15.2 Å². The molecule has 3 rings (SSSR count). The van der Waals surface area contributed by atoms with Gasteiger partial charge in [-0.25, -0.2) is 0 Å². The Kier molecular flexibility index (Phi) is 10.1. The van der Waals surface area contributed by atoms with Gasteiger partial charge in [0.25, 0.3) is 5.91 Å². The first-order valence-corrected chi connectivity index (χ1v) is 10.3. The Hall–Kier alpha value is -2.27. The average Bonchev–Trinajstić information content (AvgIpc) is 3.30. The van der Waals surface area contributed by atoms with Crippen molar-refractivity contribution in [1.29, 1.82) is 0 Å². The van der Waals surface area contributed by atoms with Crippen molar-refractivity contribution in [2.24, 2.45) is 4.99 Å². The highest BCUT2D eigenvalue weighted by Crippen LogP contribution is 2.13. The number of carbonyl (C=O) groups is 1. The van der Waals surface area contributed by atoms with Gasteiger partial charge in [0.2, 0.25) is 0 Å². The Morgan fingerprint density at radius 2 is 1.97 bits per heavy atom. The Balaban J connectivity index is 0.00000341. The number of halogens is 1. The molecule has 0 spiro atoms. The second kappa shape index (κ2) is 12.6. The number of furan rings is 1. The van der Waals surface area contributed by atoms with Gasteiger partial charge in [-0.2, -0.15) is 0 Å². The lowest BCUT2D eigenvalue weighted by Crippen LogP contribution is -2.54. The number of hydrogen-bond donors (Lipinski definition) is 2. The fourth-order valence-corrected chi connectivity index (χ4v) is 3.25. The van der Waals surface area contributed by atoms with Gasteiger partial charge in [0, 0.05) is 32.7 Å². The molecule has 1 atom stereocenters. The zero-order valence-corrected chi connectivity index (χ0v) is 20.3. The molecule has 0 bridgehead atoms. The molecule has 1 saturated heterocycles. The van der Waals surface area contributed by atoms with E-state index in [9.17, 15) is 9.90 Å². The van der Waals surface area contributed by atoms with Crippen molar-refractivity contribution in [2.75, 3.05) is 45.9 Å². The molecule has 2 heterocycles. The number of aliphatic hydroxyl groups excluding tert-OH is 1. The van der Waals surface area contributed by atoms with Crippen LogP contribution in [-0.2, 0) is 0 Å². The Bertz CT molecular complexity index is 836. The summed E-state index contributed by atoms with van der Waals surface area (Å²) in [6, 6.07) is 11.1. The first-order chi connectivity index (χ1) is 14.6. The van der Waals surface area contributed by atoms with Crippen molar-refractivity contribution in [1.82, 2.24) is 15.1 Å². The van der Waals surface area contributed by atoms with Gasteiger partial charge in [-0.15, -0.1) is 24.0 Å². The van der Waals surface area contributed by atoms with E-state index in [4.69, 9.17) is 9.15 Å². The molecule has 9 heteroatoms. The van der Waals surface area contributed by atoms with E-state index in [1.807, 2.05) is 38.1 Å². The SMILES string of the molecule is CCNC(=NCC(O)COc1cccc(C)c1)N1CCN(C(=O)c2ccco2)CC1.I. The number of hydrogen-bond acceptors (Lipinski definition) is 5. The number of piperazine rings is 1. The summed E-state index contributed by atoms with van der Waals surface area (Å²) in [6.45, 7) is 7.63. The number of guanidine groups is 1. The minimum Gasteiger partial charge on any atom is -0.491 e. The lowest BCUT2D eigenvalue weighted by Gasteiger charge is -2.36. The maximum Gasteiger partial charge on any atom is 0.289 e. The van der Waals surface area contributed by atoms with Crippen LogP contribution in [0.25, 0.3) is 0 Å². The highest BCUT2D eigenvalue weighted by molar-refractivity contribution is 14.0. The molecule has 1 fully saturated rings. The third-order valence-electron chi connectivity index (χ3n) is 4.82. The van der Waals surface area contributed by atoms with Gasteiger partial charge in [-0.3, -0.25) is 9.79 Å². The molecular weight excluding hydrogens is 511 g/mol. The van der Waals surface area contributed by atoms with Crippen LogP contribution >= 0.6 is 24.0 Å². The van der Waals surface area contributed by atoms with Gasteiger partial charge >= 0.3 is 0 Å². The monoisotopic (exact) mass is 542 g/mol. The van der Waals surface area contributed by atoms with E-state index < -0.39 is 6.10 Å². The number of amides is 1. The number of aliphatic imine (C=N–C) groups is 1. The third-order valence-corrected chi connectivity index (χ3v) is 4.82. The summed E-state index contributed by atoms with van der Waals surface area (Å²) in [6.07, 6.45) is 0.800. The summed E-state index contributed by atoms with van der Waals surface area (Å²) in [5.41, 5.74) is 1.11. The molecule has 1 amide bonds. The molecule has 1 aromatic carbocycles. The lowest BCUT2D eigenvalue weighted by molar-refractivity contribution is 0.0657. The number of rotatable bonds is 7. The fourth-order valence-electron chi connectivity index (χ4n) is 3.25. The molecule has 1 aliphatic rings. The van der Waals surface area contributed by atoms with Crippen LogP contribution in [0.1, 0.15) is 23.0 Å². The van der Waals surface area contributed by atoms with Gasteiger partial charge in [-0.05, 0) is 43.7 Å². The molecule has 8 nitrogen and oxygen atoms in total. The maximum atomic E-state index is 12.4. The largest absolute Gasteiger partial charge is 0.491 e. The second-order valence-electron chi connectivity index (χ2n) is 7.23. The van der Waals surface area contributed by atoms with Crippen molar-refractivity contribution >= 4 is 35.8 Å². The molecule has 0 saturated carbocycles. The molecule has 1 aromatic heterocycles. The summed E-state index contributed by atoms with van der Waals surface area (Å²) >= 11 is 0. The predicted octanol–water partition coefficient (Wildman–Crippen LogP) is 2.37. The van der Waals surface area contributed by atoms with E-state index >= 15 is 0 Å². The standard InChI is InChI=1S/C22H30N4O4.HI/c1-3-23-22(24-15-18(27)16-30-19-7-4-6-17(2)14-19)26-11-9-25(10-12-26)21(28)20-8-5-13-29-20;/h4-8,13-14,18,27H,3,9-12,15-16H2,1-2H3,(H,23,24);1H. The quantitative estimate of drug-likeness (QED) is 0.317. The molecule has 2 N–H and O–H groups in total. The second-order valence-corrected chi connectivity index (χ2v) is 7.23. The smallest absolute Gasteiger partial charge is 0.289 e. The number of aliphatic hydroxyl groups is 1. The van der Waals surface area contributed by atoms with E-state index in [1.165, 1.54) is 6.26 Å². The molecule has 1 aliphatic heterocycles. The maximum absolute atomic E-state index is 12.4. The minimum absolute atomic E-state index is 0. The summed E-state index contributed by atoms with van der Waals surface area (Å²) in [5.74, 6) is 1.74. The first kappa shape index (κ1) is 25.0. The van der Waals surface area contributed by atoms with E-state index in [-0.39, 0.29) is 43.0 Å². The summed E-state index contributed by atoms with van der Waals surface area (Å²) < 4.78 is 10.9. The molecular formula is C22H31IN4O4. The summed E-state index contributed by atoms with van der Waals surface area (Å²) in [5, 5.41) is 13.5. The van der Waals surface area contributed by atoms with E-state index in [0.717, 1.165) is 23.8 Å². The van der Waals surface area contributed by atoms with Crippen LogP contribution in [0.15, 0.2) is 52.1 Å². The van der Waals surface area contributed by atoms with Crippen LogP contribution < -0.4 is 10.1 Å².